The van der Waals surface area contributed by atoms with Crippen molar-refractivity contribution in [3.05, 3.63) is 59.7 Å². The van der Waals surface area contributed by atoms with E-state index in [1.807, 2.05) is 41.3 Å². The van der Waals surface area contributed by atoms with Gasteiger partial charge in [-0.3, -0.25) is 4.79 Å². The van der Waals surface area contributed by atoms with Crippen LogP contribution in [0.3, 0.4) is 0 Å². The summed E-state index contributed by atoms with van der Waals surface area (Å²) < 4.78 is 0. The Hall–Kier alpha value is -2.73. The predicted octanol–water partition coefficient (Wildman–Crippen LogP) is 2.72. The summed E-state index contributed by atoms with van der Waals surface area (Å²) in [5.41, 5.74) is 2.18. The Morgan fingerprint density at radius 1 is 1.11 bits per heavy atom. The maximum atomic E-state index is 13.1. The fourth-order valence-corrected chi connectivity index (χ4v) is 4.93. The number of nitrogens with zero attached hydrogens (tertiary/aromatic N) is 3. The van der Waals surface area contributed by atoms with E-state index in [0.29, 0.717) is 30.1 Å². The average Bonchev–Trinajstić information content (AvgIpc) is 3.35. The molecule has 1 aliphatic carbocycles. The highest BCUT2D eigenvalue weighted by molar-refractivity contribution is 5.97. The third-order valence-corrected chi connectivity index (χ3v) is 6.31. The highest BCUT2D eigenvalue weighted by atomic mass is 16.3. The Morgan fingerprint density at radius 2 is 1.93 bits per heavy atom. The molecular formula is C21H22N4O2. The van der Waals surface area contributed by atoms with Gasteiger partial charge in [-0.15, -0.1) is 0 Å². The standard InChI is InChI=1S/C21H22N4O2/c26-20(14-8-9-18-19(11-14)23-24-22-18)25-12-15-5-4-10-21(27,17(15)13-25)16-6-2-1-3-7-16/h1-3,6-9,11,15,17,27H,4-5,10,12-13H2,(H,22,23,24)/t15-,17+,21+/m1/s1. The van der Waals surface area contributed by atoms with E-state index in [2.05, 4.69) is 15.4 Å². The molecule has 3 atom stereocenters. The number of nitrogens with one attached hydrogen (secondary N) is 1. The number of carbonyl (C=O) groups is 1. The molecule has 2 fully saturated rings. The largest absolute Gasteiger partial charge is 0.385 e. The third-order valence-electron chi connectivity index (χ3n) is 6.31. The Balaban J connectivity index is 1.43. The second-order valence-electron chi connectivity index (χ2n) is 7.79. The minimum absolute atomic E-state index is 0.00436. The maximum Gasteiger partial charge on any atom is 0.253 e. The van der Waals surface area contributed by atoms with Crippen LogP contribution in [0.4, 0.5) is 0 Å². The number of rotatable bonds is 2. The molecule has 0 bridgehead atoms. The summed E-state index contributed by atoms with van der Waals surface area (Å²) in [6.45, 7) is 1.29. The van der Waals surface area contributed by atoms with Crippen molar-refractivity contribution in [3.63, 3.8) is 0 Å². The number of aromatic nitrogens is 3. The van der Waals surface area contributed by atoms with Crippen LogP contribution in [0.15, 0.2) is 48.5 Å². The number of hydrogen-bond donors (Lipinski definition) is 2. The molecule has 3 aromatic rings. The normalized spacial score (nSPS) is 27.7. The lowest BCUT2D eigenvalue weighted by molar-refractivity contribution is -0.0644. The first kappa shape index (κ1) is 16.4. The number of fused-ring (bicyclic) bond motifs is 2. The van der Waals surface area contributed by atoms with Gasteiger partial charge in [-0.1, -0.05) is 30.3 Å². The molecule has 0 radical (unpaired) electrons. The first-order chi connectivity index (χ1) is 13.1. The third kappa shape index (κ3) is 2.63. The average molecular weight is 362 g/mol. The number of aliphatic hydroxyl groups is 1. The zero-order chi connectivity index (χ0) is 18.4. The van der Waals surface area contributed by atoms with E-state index in [0.717, 1.165) is 30.3 Å². The van der Waals surface area contributed by atoms with Crippen LogP contribution in [0, 0.1) is 11.8 Å². The van der Waals surface area contributed by atoms with Crippen molar-refractivity contribution in [2.45, 2.75) is 24.9 Å². The zero-order valence-corrected chi connectivity index (χ0v) is 15.0. The molecule has 1 aliphatic heterocycles. The number of aromatic amines is 1. The van der Waals surface area contributed by atoms with Gasteiger partial charge in [0.1, 0.15) is 11.0 Å². The molecule has 6 heteroatoms. The number of benzene rings is 2. The number of hydrogen-bond acceptors (Lipinski definition) is 4. The van der Waals surface area contributed by atoms with Gasteiger partial charge in [0.25, 0.3) is 5.91 Å². The van der Waals surface area contributed by atoms with Crippen molar-refractivity contribution >= 4 is 16.9 Å². The molecule has 27 heavy (non-hydrogen) atoms. The van der Waals surface area contributed by atoms with Gasteiger partial charge in [-0.2, -0.15) is 15.4 Å². The lowest BCUT2D eigenvalue weighted by atomic mass is 9.67. The van der Waals surface area contributed by atoms with Gasteiger partial charge in [0, 0.05) is 24.6 Å². The van der Waals surface area contributed by atoms with Gasteiger partial charge in [0.2, 0.25) is 0 Å². The van der Waals surface area contributed by atoms with Crippen molar-refractivity contribution < 1.29 is 9.90 Å². The van der Waals surface area contributed by atoms with Gasteiger partial charge in [0.05, 0.1) is 5.60 Å². The molecule has 6 nitrogen and oxygen atoms in total. The van der Waals surface area contributed by atoms with Crippen molar-refractivity contribution in [1.29, 1.82) is 0 Å². The van der Waals surface area contributed by atoms with E-state index < -0.39 is 5.60 Å². The number of likely N-dealkylation sites (tertiary alicyclic amines) is 1. The Morgan fingerprint density at radius 3 is 2.78 bits per heavy atom. The van der Waals surface area contributed by atoms with E-state index in [1.165, 1.54) is 0 Å². The second kappa shape index (κ2) is 6.16. The first-order valence-corrected chi connectivity index (χ1v) is 9.53. The highest BCUT2D eigenvalue weighted by Gasteiger charge is 2.50. The van der Waals surface area contributed by atoms with Crippen LogP contribution in [0.25, 0.3) is 11.0 Å². The first-order valence-electron chi connectivity index (χ1n) is 9.53. The van der Waals surface area contributed by atoms with Crippen LogP contribution in [0.5, 0.6) is 0 Å². The molecule has 1 amide bonds. The number of amides is 1. The molecule has 2 aliphatic rings. The summed E-state index contributed by atoms with van der Waals surface area (Å²) in [4.78, 5) is 15.0. The van der Waals surface area contributed by atoms with Crippen LogP contribution in [-0.4, -0.2) is 44.4 Å². The van der Waals surface area contributed by atoms with E-state index in [9.17, 15) is 9.90 Å². The summed E-state index contributed by atoms with van der Waals surface area (Å²) in [5, 5.41) is 22.2. The van der Waals surface area contributed by atoms with Crippen molar-refractivity contribution in [3.8, 4) is 0 Å². The van der Waals surface area contributed by atoms with Crippen LogP contribution in [0.2, 0.25) is 0 Å². The molecule has 138 valence electrons. The number of H-pyrrole nitrogens is 1. The monoisotopic (exact) mass is 362 g/mol. The molecule has 2 N–H and O–H groups in total. The van der Waals surface area contributed by atoms with Gasteiger partial charge in [0.15, 0.2) is 0 Å². The summed E-state index contributed by atoms with van der Waals surface area (Å²) in [6.07, 6.45) is 2.80. The Kier molecular flexibility index (Phi) is 3.75. The van der Waals surface area contributed by atoms with E-state index >= 15 is 0 Å². The smallest absolute Gasteiger partial charge is 0.253 e. The number of carbonyl (C=O) groups excluding carboxylic acids is 1. The quantitative estimate of drug-likeness (QED) is 0.734. The SMILES string of the molecule is O=C(c1ccc2n[nH]nc2c1)N1C[C@H]2CCC[C@](O)(c3ccccc3)[C@H]2C1. The zero-order valence-electron chi connectivity index (χ0n) is 15.0. The van der Waals surface area contributed by atoms with Crippen LogP contribution >= 0.6 is 0 Å². The Labute approximate surface area is 157 Å². The second-order valence-corrected chi connectivity index (χ2v) is 7.79. The van der Waals surface area contributed by atoms with Crippen molar-refractivity contribution in [2.75, 3.05) is 13.1 Å². The highest BCUT2D eigenvalue weighted by Crippen LogP contribution is 2.48. The molecule has 1 aromatic heterocycles. The minimum Gasteiger partial charge on any atom is -0.385 e. The summed E-state index contributed by atoms with van der Waals surface area (Å²) in [7, 11) is 0. The van der Waals surface area contributed by atoms with Crippen molar-refractivity contribution in [2.24, 2.45) is 11.8 Å². The van der Waals surface area contributed by atoms with Crippen LogP contribution in [0.1, 0.15) is 35.2 Å². The van der Waals surface area contributed by atoms with E-state index in [1.54, 1.807) is 12.1 Å². The van der Waals surface area contributed by atoms with Gasteiger partial charge >= 0.3 is 0 Å². The van der Waals surface area contributed by atoms with Gasteiger partial charge in [-0.25, -0.2) is 0 Å². The molecular weight excluding hydrogens is 340 g/mol. The Bertz CT molecular complexity index is 986. The summed E-state index contributed by atoms with van der Waals surface area (Å²) in [6, 6.07) is 15.3. The van der Waals surface area contributed by atoms with Gasteiger partial charge < -0.3 is 10.0 Å². The summed E-state index contributed by atoms with van der Waals surface area (Å²) in [5.74, 6) is 0.418. The molecule has 1 saturated heterocycles. The van der Waals surface area contributed by atoms with E-state index in [4.69, 9.17) is 0 Å². The lowest BCUT2D eigenvalue weighted by Gasteiger charge is -2.41. The fourth-order valence-electron chi connectivity index (χ4n) is 4.93. The fraction of sp³-hybridized carbons (Fsp3) is 0.381. The molecule has 2 heterocycles. The predicted molar refractivity (Wildman–Crippen MR) is 101 cm³/mol. The van der Waals surface area contributed by atoms with Crippen molar-refractivity contribution in [1.82, 2.24) is 20.3 Å². The summed E-state index contributed by atoms with van der Waals surface area (Å²) >= 11 is 0. The van der Waals surface area contributed by atoms with Crippen LogP contribution < -0.4 is 0 Å². The molecule has 0 unspecified atom stereocenters. The molecule has 5 rings (SSSR count). The van der Waals surface area contributed by atoms with Crippen LogP contribution in [-0.2, 0) is 5.60 Å². The molecule has 0 spiro atoms. The maximum absolute atomic E-state index is 13.1. The van der Waals surface area contributed by atoms with Gasteiger partial charge in [-0.05, 0) is 48.9 Å². The molecule has 2 aromatic carbocycles. The topological polar surface area (TPSA) is 82.1 Å². The minimum atomic E-state index is -0.852. The van der Waals surface area contributed by atoms with E-state index in [-0.39, 0.29) is 11.8 Å². The molecule has 1 saturated carbocycles. The lowest BCUT2D eigenvalue weighted by Crippen LogP contribution is -2.42.